The number of aliphatic carboxylic acids is 1. The summed E-state index contributed by atoms with van der Waals surface area (Å²) in [6.45, 7) is 1.95. The highest BCUT2D eigenvalue weighted by Gasteiger charge is 2.05. The zero-order valence-corrected chi connectivity index (χ0v) is 11.3. The maximum absolute atomic E-state index is 10.7. The molecule has 1 rings (SSSR count). The molecule has 0 atom stereocenters. The van der Waals surface area contributed by atoms with Crippen molar-refractivity contribution in [3.05, 3.63) is 34.3 Å². The minimum Gasteiger partial charge on any atom is -0.481 e. The van der Waals surface area contributed by atoms with Gasteiger partial charge >= 0.3 is 5.97 Å². The van der Waals surface area contributed by atoms with Gasteiger partial charge in [-0.05, 0) is 23.8 Å². The molecule has 0 aliphatic carbocycles. The zero-order valence-electron chi connectivity index (χ0n) is 10.5. The van der Waals surface area contributed by atoms with E-state index >= 15 is 0 Å². The summed E-state index contributed by atoms with van der Waals surface area (Å²) >= 11 is 5.90. The first-order valence-corrected chi connectivity index (χ1v) is 6.10. The lowest BCUT2D eigenvalue weighted by Crippen LogP contribution is -2.20. The Hall–Kier alpha value is -1.99. The van der Waals surface area contributed by atoms with Crippen LogP contribution in [0.15, 0.2) is 18.2 Å². The topological polar surface area (TPSA) is 66.4 Å². The van der Waals surface area contributed by atoms with Crippen LogP contribution in [0.2, 0.25) is 5.02 Å². The van der Waals surface area contributed by atoms with E-state index in [9.17, 15) is 9.59 Å². The smallest absolute Gasteiger partial charge is 0.307 e. The normalized spacial score (nSPS) is 9.37. The van der Waals surface area contributed by atoms with E-state index in [1.165, 1.54) is 6.92 Å². The largest absolute Gasteiger partial charge is 0.481 e. The van der Waals surface area contributed by atoms with Crippen LogP contribution in [0.3, 0.4) is 0 Å². The van der Waals surface area contributed by atoms with Crippen LogP contribution in [0.1, 0.15) is 24.5 Å². The molecule has 0 saturated heterocycles. The second-order valence-electron chi connectivity index (χ2n) is 3.91. The molecule has 0 heterocycles. The van der Waals surface area contributed by atoms with Gasteiger partial charge in [0.1, 0.15) is 0 Å². The lowest BCUT2D eigenvalue weighted by atomic mass is 10.1. The number of hydrogen-bond donors (Lipinski definition) is 2. The summed E-state index contributed by atoms with van der Waals surface area (Å²) in [5.41, 5.74) is 1.26. The minimum absolute atomic E-state index is 0.0861. The molecule has 0 spiro atoms. The molecule has 0 aliphatic rings. The third-order valence-corrected chi connectivity index (χ3v) is 2.61. The van der Waals surface area contributed by atoms with Crippen molar-refractivity contribution in [1.82, 2.24) is 5.32 Å². The summed E-state index contributed by atoms with van der Waals surface area (Å²) in [6.07, 6.45) is 0.413. The van der Waals surface area contributed by atoms with Crippen LogP contribution in [0.5, 0.6) is 0 Å². The Bertz CT molecular complexity index is 543. The first kappa shape index (κ1) is 15.1. The molecule has 0 bridgehead atoms. The van der Waals surface area contributed by atoms with Crippen LogP contribution >= 0.6 is 11.6 Å². The van der Waals surface area contributed by atoms with E-state index in [0.717, 1.165) is 0 Å². The van der Waals surface area contributed by atoms with E-state index in [2.05, 4.69) is 17.2 Å². The summed E-state index contributed by atoms with van der Waals surface area (Å²) in [7, 11) is 0. The lowest BCUT2D eigenvalue weighted by molar-refractivity contribution is -0.136. The standard InChI is InChI=1S/C14H14ClNO3/c1-10(17)16-7-3-2-4-11-5-6-13(15)12(8-11)9-14(18)19/h5-6,8H,3,7,9H2,1H3,(H,16,17)(H,18,19). The predicted octanol–water partition coefficient (Wildman–Crippen LogP) is 1.84. The van der Waals surface area contributed by atoms with Crippen LogP contribution in [0, 0.1) is 11.8 Å². The molecule has 0 saturated carbocycles. The third kappa shape index (κ3) is 5.94. The van der Waals surface area contributed by atoms with Gasteiger partial charge in [0.25, 0.3) is 0 Å². The number of carbonyl (C=O) groups excluding carboxylic acids is 1. The Kier molecular flexibility index (Phi) is 5.91. The maximum atomic E-state index is 10.7. The monoisotopic (exact) mass is 279 g/mol. The quantitative estimate of drug-likeness (QED) is 0.653. The van der Waals surface area contributed by atoms with Gasteiger partial charge in [0.15, 0.2) is 0 Å². The summed E-state index contributed by atoms with van der Waals surface area (Å²) in [4.78, 5) is 21.3. The Balaban J connectivity index is 2.66. The minimum atomic E-state index is -0.933. The average molecular weight is 280 g/mol. The van der Waals surface area contributed by atoms with Crippen molar-refractivity contribution in [3.8, 4) is 11.8 Å². The average Bonchev–Trinajstić information content (AvgIpc) is 2.31. The first-order chi connectivity index (χ1) is 8.99. The maximum Gasteiger partial charge on any atom is 0.307 e. The van der Waals surface area contributed by atoms with Crippen LogP contribution < -0.4 is 5.32 Å². The summed E-state index contributed by atoms with van der Waals surface area (Å²) in [5.74, 6) is 4.79. The molecule has 100 valence electrons. The number of amides is 1. The molecule has 0 aliphatic heterocycles. The Morgan fingerprint density at radius 2 is 2.16 bits per heavy atom. The SMILES string of the molecule is CC(=O)NCCC#Cc1ccc(Cl)c(CC(=O)O)c1. The first-order valence-electron chi connectivity index (χ1n) is 5.72. The Labute approximate surface area is 116 Å². The van der Waals surface area contributed by atoms with Crippen molar-refractivity contribution in [3.63, 3.8) is 0 Å². The third-order valence-electron chi connectivity index (χ3n) is 2.24. The van der Waals surface area contributed by atoms with Crippen LogP contribution in [-0.4, -0.2) is 23.5 Å². The Morgan fingerprint density at radius 1 is 1.42 bits per heavy atom. The van der Waals surface area contributed by atoms with E-state index < -0.39 is 5.97 Å². The molecule has 4 nitrogen and oxygen atoms in total. The van der Waals surface area contributed by atoms with E-state index in [-0.39, 0.29) is 12.3 Å². The van der Waals surface area contributed by atoms with Gasteiger partial charge in [-0.1, -0.05) is 23.4 Å². The van der Waals surface area contributed by atoms with E-state index in [4.69, 9.17) is 16.7 Å². The summed E-state index contributed by atoms with van der Waals surface area (Å²) < 4.78 is 0. The van der Waals surface area contributed by atoms with E-state index in [1.54, 1.807) is 18.2 Å². The number of rotatable bonds is 4. The summed E-state index contributed by atoms with van der Waals surface area (Å²) in [5, 5.41) is 11.8. The van der Waals surface area contributed by atoms with Gasteiger partial charge in [0.05, 0.1) is 6.42 Å². The number of halogens is 1. The van der Waals surface area contributed by atoms with Crippen molar-refractivity contribution in [2.24, 2.45) is 0 Å². The highest BCUT2D eigenvalue weighted by atomic mass is 35.5. The molecular weight excluding hydrogens is 266 g/mol. The van der Waals surface area contributed by atoms with E-state index in [0.29, 0.717) is 29.1 Å². The van der Waals surface area contributed by atoms with E-state index in [1.807, 2.05) is 0 Å². The van der Waals surface area contributed by atoms with Gasteiger partial charge in [0, 0.05) is 30.5 Å². The molecule has 1 aromatic rings. The second-order valence-corrected chi connectivity index (χ2v) is 4.32. The molecule has 5 heteroatoms. The molecule has 0 radical (unpaired) electrons. The molecule has 1 amide bonds. The van der Waals surface area contributed by atoms with Gasteiger partial charge in [-0.15, -0.1) is 0 Å². The fraction of sp³-hybridized carbons (Fsp3) is 0.286. The molecule has 0 aromatic heterocycles. The predicted molar refractivity (Wildman–Crippen MR) is 73.0 cm³/mol. The number of nitrogens with one attached hydrogen (secondary N) is 1. The van der Waals surface area contributed by atoms with Gasteiger partial charge in [-0.3, -0.25) is 9.59 Å². The fourth-order valence-electron chi connectivity index (χ4n) is 1.42. The second kappa shape index (κ2) is 7.45. The Morgan fingerprint density at radius 3 is 2.79 bits per heavy atom. The number of carboxylic acid groups (broad SMARTS) is 1. The number of hydrogen-bond acceptors (Lipinski definition) is 2. The molecule has 0 unspecified atom stereocenters. The highest BCUT2D eigenvalue weighted by Crippen LogP contribution is 2.17. The number of carbonyl (C=O) groups is 2. The van der Waals surface area contributed by atoms with Crippen molar-refractivity contribution in [2.75, 3.05) is 6.54 Å². The molecular formula is C14H14ClNO3. The zero-order chi connectivity index (χ0) is 14.3. The number of benzene rings is 1. The van der Waals surface area contributed by atoms with Gasteiger partial charge in [0.2, 0.25) is 5.91 Å². The highest BCUT2D eigenvalue weighted by molar-refractivity contribution is 6.31. The van der Waals surface area contributed by atoms with Crippen molar-refractivity contribution < 1.29 is 14.7 Å². The van der Waals surface area contributed by atoms with Gasteiger partial charge in [-0.25, -0.2) is 0 Å². The van der Waals surface area contributed by atoms with Crippen molar-refractivity contribution >= 4 is 23.5 Å². The van der Waals surface area contributed by atoms with Crippen molar-refractivity contribution in [2.45, 2.75) is 19.8 Å². The molecule has 2 N–H and O–H groups in total. The van der Waals surface area contributed by atoms with Crippen LogP contribution in [-0.2, 0) is 16.0 Å². The van der Waals surface area contributed by atoms with Gasteiger partial charge in [-0.2, -0.15) is 0 Å². The molecule has 19 heavy (non-hydrogen) atoms. The lowest BCUT2D eigenvalue weighted by Gasteiger charge is -2.01. The van der Waals surface area contributed by atoms with Crippen LogP contribution in [0.25, 0.3) is 0 Å². The molecule has 1 aromatic carbocycles. The fourth-order valence-corrected chi connectivity index (χ4v) is 1.60. The van der Waals surface area contributed by atoms with Crippen LogP contribution in [0.4, 0.5) is 0 Å². The van der Waals surface area contributed by atoms with Gasteiger partial charge < -0.3 is 10.4 Å². The van der Waals surface area contributed by atoms with Crippen molar-refractivity contribution in [1.29, 1.82) is 0 Å². The summed E-state index contributed by atoms with van der Waals surface area (Å²) in [6, 6.07) is 5.04. The number of carboxylic acids is 1. The molecule has 0 fully saturated rings.